The number of carboxylic acid groups (broad SMARTS) is 4. The number of aromatic hydroxyl groups is 2. The lowest BCUT2D eigenvalue weighted by molar-refractivity contribution is -0.143. The van der Waals surface area contributed by atoms with Gasteiger partial charge < -0.3 is 117 Å². The monoisotopic (exact) mass is 1480 g/mol. The average molecular weight is 1480 g/mol. The number of nitrogens with one attached hydrogen (secondary N) is 12. The van der Waals surface area contributed by atoms with Gasteiger partial charge in [-0.15, -0.1) is 0 Å². The normalized spacial score (nSPS) is 14.4. The van der Waals surface area contributed by atoms with Crippen molar-refractivity contribution >= 4 is 94.8 Å². The van der Waals surface area contributed by atoms with Gasteiger partial charge in [-0.1, -0.05) is 74.9 Å². The molecule has 38 heteroatoms. The molecular formula is C67H96N16O22. The first kappa shape index (κ1) is 87.7. The number of carboxylic acids is 4. The Labute approximate surface area is 603 Å². The number of benzene rings is 3. The fraction of sp³-hybridized carbons (Fsp3) is 0.493. The zero-order chi connectivity index (χ0) is 78.5. The Balaban J connectivity index is 1.99. The second-order valence-electron chi connectivity index (χ2n) is 24.7. The summed E-state index contributed by atoms with van der Waals surface area (Å²) >= 11 is 0. The minimum absolute atomic E-state index is 0.0186. The van der Waals surface area contributed by atoms with Crippen LogP contribution in [-0.4, -0.2) is 217 Å². The summed E-state index contributed by atoms with van der Waals surface area (Å²) < 4.78 is 0. The van der Waals surface area contributed by atoms with Crippen LogP contribution in [0.3, 0.4) is 0 Å². The molecule has 0 unspecified atom stereocenters. The van der Waals surface area contributed by atoms with Crippen LogP contribution >= 0.6 is 0 Å². The first-order chi connectivity index (χ1) is 49.6. The lowest BCUT2D eigenvalue weighted by Gasteiger charge is -2.30. The predicted molar refractivity (Wildman–Crippen MR) is 372 cm³/mol. The molecule has 0 bridgehead atoms. The molecular weight excluding hydrogens is 1380 g/mol. The summed E-state index contributed by atoms with van der Waals surface area (Å²) in [5.41, 5.74) is 24.0. The lowest BCUT2D eigenvalue weighted by atomic mass is 9.96. The van der Waals surface area contributed by atoms with Gasteiger partial charge in [-0.25, -0.2) is 4.79 Å². The highest BCUT2D eigenvalue weighted by Crippen LogP contribution is 2.17. The van der Waals surface area contributed by atoms with E-state index in [0.29, 0.717) is 16.7 Å². The molecule has 0 saturated carbocycles. The van der Waals surface area contributed by atoms with Crippen LogP contribution in [0.25, 0.3) is 0 Å². The zero-order valence-electron chi connectivity index (χ0n) is 57.9. The summed E-state index contributed by atoms with van der Waals surface area (Å²) in [6, 6.07) is 0.303. The number of carbonyl (C=O) groups excluding carboxylic acids is 11. The minimum atomic E-state index is -2.05. The number of aliphatic carboxylic acids is 4. The van der Waals surface area contributed by atoms with Crippen molar-refractivity contribution in [3.8, 4) is 11.5 Å². The molecule has 0 heterocycles. The molecule has 0 fully saturated rings. The fourth-order valence-electron chi connectivity index (χ4n) is 10.3. The van der Waals surface area contributed by atoms with Gasteiger partial charge >= 0.3 is 23.9 Å². The molecule has 0 radical (unpaired) electrons. The van der Waals surface area contributed by atoms with Crippen LogP contribution in [0, 0.1) is 11.3 Å². The molecule has 0 spiro atoms. The van der Waals surface area contributed by atoms with Crippen LogP contribution in [0.1, 0.15) is 114 Å². The molecule has 3 rings (SSSR count). The van der Waals surface area contributed by atoms with Crippen LogP contribution in [0.2, 0.25) is 0 Å². The highest BCUT2D eigenvalue weighted by Gasteiger charge is 2.38. The number of primary amides is 1. The molecule has 105 heavy (non-hydrogen) atoms. The second kappa shape index (κ2) is 45.4. The van der Waals surface area contributed by atoms with Crippen molar-refractivity contribution in [2.45, 2.75) is 183 Å². The molecule has 12 atom stereocenters. The number of rotatable bonds is 49. The zero-order valence-corrected chi connectivity index (χ0v) is 57.9. The van der Waals surface area contributed by atoms with Crippen LogP contribution in [0.5, 0.6) is 11.5 Å². The van der Waals surface area contributed by atoms with Crippen molar-refractivity contribution in [1.29, 1.82) is 5.41 Å². The van der Waals surface area contributed by atoms with E-state index >= 15 is 0 Å². The molecule has 3 aromatic rings. The van der Waals surface area contributed by atoms with E-state index in [1.165, 1.54) is 55.5 Å². The van der Waals surface area contributed by atoms with Gasteiger partial charge in [0.05, 0.1) is 19.1 Å². The van der Waals surface area contributed by atoms with E-state index < -0.39 is 225 Å². The summed E-state index contributed by atoms with van der Waals surface area (Å²) in [7, 11) is 0. The van der Waals surface area contributed by atoms with Crippen molar-refractivity contribution < 1.29 is 108 Å². The van der Waals surface area contributed by atoms with Gasteiger partial charge in [0, 0.05) is 38.6 Å². The summed E-state index contributed by atoms with van der Waals surface area (Å²) in [6.07, 6.45) is -6.04. The van der Waals surface area contributed by atoms with E-state index in [4.69, 9.17) is 28.3 Å². The lowest BCUT2D eigenvalue weighted by Crippen LogP contribution is -2.62. The molecule has 11 amide bonds. The van der Waals surface area contributed by atoms with Gasteiger partial charge in [0.15, 0.2) is 5.96 Å². The summed E-state index contributed by atoms with van der Waals surface area (Å²) in [6.45, 7) is 2.14. The number of nitrogens with two attached hydrogens (primary N) is 4. The van der Waals surface area contributed by atoms with Gasteiger partial charge in [-0.3, -0.25) is 72.5 Å². The molecule has 576 valence electrons. The molecule has 0 aromatic heterocycles. The highest BCUT2D eigenvalue weighted by atomic mass is 16.4. The number of hydrogen-bond donors (Lipinski definition) is 23. The third-order valence-electron chi connectivity index (χ3n) is 16.3. The number of carbonyl (C=O) groups is 15. The third-order valence-corrected chi connectivity index (χ3v) is 16.3. The first-order valence-electron chi connectivity index (χ1n) is 33.6. The van der Waals surface area contributed by atoms with Crippen molar-refractivity contribution in [1.82, 2.24) is 58.5 Å². The third kappa shape index (κ3) is 33.0. The Kier molecular flexibility index (Phi) is 37.9. The van der Waals surface area contributed by atoms with Crippen molar-refractivity contribution in [3.05, 3.63) is 95.6 Å². The van der Waals surface area contributed by atoms with Gasteiger partial charge in [-0.05, 0) is 111 Å². The SMILES string of the molecule is CC[C@H](C)[C@H](NC(=O)[C@H](Cc1ccc(O)cc1)NC(=O)[C@H](CCC(=O)O)NC(=O)[C@@H](N)Cc1ccccc1)C(=O)N[C@@H](CCC(=O)O)C(=O)N[C@@H](CCC(=O)O)C(=O)N[C@@H](CC(N)=O)C(=O)N[C@@H](CCCCN)C(=O)N[C@@H](Cc1ccc(O)cc1)C(=O)N[C@@H](CO)C(=O)N[C@@H](CCCNC(=N)N)C(=O)O. The second-order valence-corrected chi connectivity index (χ2v) is 24.7. The van der Waals surface area contributed by atoms with E-state index in [0.717, 1.165) is 0 Å². The van der Waals surface area contributed by atoms with E-state index in [-0.39, 0.29) is 76.0 Å². The Bertz CT molecular complexity index is 3480. The van der Waals surface area contributed by atoms with E-state index in [1.807, 2.05) is 0 Å². The topological polar surface area (TPSA) is 658 Å². The largest absolute Gasteiger partial charge is 0.508 e. The Morgan fingerprint density at radius 1 is 0.429 bits per heavy atom. The standard InChI is InChI=1S/C67H96N16O22/c1-3-35(2)55(83-63(101)48(32-38-16-20-40(86)21-17-38)80-59(97)43(22-25-52(88)89)74-56(94)41(69)30-36-10-5-4-6-11-36)65(103)77-45(24-27-54(92)93)58(96)76-44(23-26-53(90)91)60(98)81-49(33-51(70)87)62(100)75-42(12-7-8-28-68)57(95)79-47(31-37-14-18-39(85)19-15-37)61(99)82-50(34-84)64(102)78-46(66(104)105)13-9-29-73-67(71)72/h4-6,10-11,14-21,35,41-50,55,84-86H,3,7-9,12-13,22-34,68-69H2,1-2H3,(H2,70,87)(H,74,94)(H,75,100)(H,76,96)(H,77,103)(H,78,102)(H,79,95)(H,80,97)(H,81,98)(H,82,99)(H,83,101)(H,88,89)(H,90,91)(H,92,93)(H,104,105)(H4,71,72,73)/t35-,41-,42-,43-,44-,45-,46-,47-,48-,49-,50-,55-/m0/s1. The Hall–Kier alpha value is -11.5. The van der Waals surface area contributed by atoms with Gasteiger partial charge in [0.2, 0.25) is 65.0 Å². The molecule has 0 aliphatic heterocycles. The van der Waals surface area contributed by atoms with Crippen LogP contribution in [0.4, 0.5) is 0 Å². The van der Waals surface area contributed by atoms with Crippen LogP contribution < -0.4 is 81.4 Å². The smallest absolute Gasteiger partial charge is 0.326 e. The number of aliphatic hydroxyl groups excluding tert-OH is 1. The number of hydrogen-bond acceptors (Lipinski definition) is 21. The molecule has 27 N–H and O–H groups in total. The van der Waals surface area contributed by atoms with Crippen LogP contribution in [-0.2, 0) is 91.2 Å². The number of unbranched alkanes of at least 4 members (excludes halogenated alkanes) is 1. The average Bonchev–Trinajstić information content (AvgIpc) is 0.843. The number of aliphatic hydroxyl groups is 1. The Morgan fingerprint density at radius 2 is 0.790 bits per heavy atom. The molecule has 0 aliphatic carbocycles. The highest BCUT2D eigenvalue weighted by molar-refractivity contribution is 6.00. The van der Waals surface area contributed by atoms with Gasteiger partial charge in [0.25, 0.3) is 0 Å². The van der Waals surface area contributed by atoms with E-state index in [1.54, 1.807) is 37.3 Å². The number of phenolic OH excluding ortho intramolecular Hbond substituents is 2. The number of amides is 11. The predicted octanol–water partition coefficient (Wildman–Crippen LogP) is -4.71. The maximum absolute atomic E-state index is 14.6. The van der Waals surface area contributed by atoms with E-state index in [2.05, 4.69) is 58.5 Å². The molecule has 3 aromatic carbocycles. The van der Waals surface area contributed by atoms with Crippen molar-refractivity contribution in [2.24, 2.45) is 28.9 Å². The molecule has 38 nitrogen and oxygen atoms in total. The minimum Gasteiger partial charge on any atom is -0.508 e. The van der Waals surface area contributed by atoms with Crippen molar-refractivity contribution in [2.75, 3.05) is 19.7 Å². The summed E-state index contributed by atoms with van der Waals surface area (Å²) in [5.74, 6) is -20.3. The summed E-state index contributed by atoms with van der Waals surface area (Å²) in [4.78, 5) is 202. The Morgan fingerprint density at radius 3 is 1.21 bits per heavy atom. The molecule has 0 aliphatic rings. The number of phenols is 2. The summed E-state index contributed by atoms with van der Waals surface area (Å²) in [5, 5.41) is 103. The van der Waals surface area contributed by atoms with Gasteiger partial charge in [0.1, 0.15) is 71.9 Å². The maximum Gasteiger partial charge on any atom is 0.326 e. The van der Waals surface area contributed by atoms with Crippen LogP contribution in [0.15, 0.2) is 78.9 Å². The van der Waals surface area contributed by atoms with E-state index in [9.17, 15) is 108 Å². The van der Waals surface area contributed by atoms with Crippen molar-refractivity contribution in [3.63, 3.8) is 0 Å². The maximum atomic E-state index is 14.6. The van der Waals surface area contributed by atoms with Gasteiger partial charge in [-0.2, -0.15) is 0 Å². The quantitative estimate of drug-likeness (QED) is 0.0143. The molecule has 0 saturated heterocycles. The fourth-order valence-corrected chi connectivity index (χ4v) is 10.3. The first-order valence-corrected chi connectivity index (χ1v) is 33.6. The number of guanidine groups is 1.